The van der Waals surface area contributed by atoms with Crippen LogP contribution < -0.4 is 10.6 Å². The lowest BCUT2D eigenvalue weighted by atomic mass is 10.2. The molecule has 0 saturated heterocycles. The van der Waals surface area contributed by atoms with Gasteiger partial charge in [-0.1, -0.05) is 12.1 Å². The Morgan fingerprint density at radius 1 is 1.43 bits per heavy atom. The number of nitrogens with two attached hydrogens (primary N) is 1. The second-order valence-electron chi connectivity index (χ2n) is 4.82. The van der Waals surface area contributed by atoms with Crippen molar-refractivity contribution in [2.24, 2.45) is 5.73 Å². The summed E-state index contributed by atoms with van der Waals surface area (Å²) in [6, 6.07) is 6.19. The molecule has 2 aromatic rings. The summed E-state index contributed by atoms with van der Waals surface area (Å²) in [7, 11) is 1.55. The maximum Gasteiger partial charge on any atom is 0.261 e. The minimum Gasteiger partial charge on any atom is -0.330 e. The Labute approximate surface area is 123 Å². The molecule has 1 amide bonds. The molecule has 1 aromatic carbocycles. The van der Waals surface area contributed by atoms with Crippen molar-refractivity contribution >= 4 is 11.6 Å². The van der Waals surface area contributed by atoms with Crippen molar-refractivity contribution in [3.63, 3.8) is 0 Å². The second-order valence-corrected chi connectivity index (χ2v) is 4.82. The van der Waals surface area contributed by atoms with Crippen molar-refractivity contribution in [2.45, 2.75) is 19.9 Å². The van der Waals surface area contributed by atoms with Crippen LogP contribution in [-0.4, -0.2) is 29.3 Å². The first-order valence-electron chi connectivity index (χ1n) is 6.81. The molecule has 0 aliphatic heterocycles. The van der Waals surface area contributed by atoms with Crippen molar-refractivity contribution in [3.05, 3.63) is 47.5 Å². The number of para-hydroxylation sites is 1. The van der Waals surface area contributed by atoms with E-state index in [-0.39, 0.29) is 11.6 Å². The number of carbonyl (C=O) groups is 1. The molecule has 0 radical (unpaired) electrons. The molecular formula is C15H19FN4O. The van der Waals surface area contributed by atoms with E-state index in [1.807, 2.05) is 6.92 Å². The summed E-state index contributed by atoms with van der Waals surface area (Å²) < 4.78 is 15.5. The van der Waals surface area contributed by atoms with Crippen LogP contribution in [0.3, 0.4) is 0 Å². The van der Waals surface area contributed by atoms with Gasteiger partial charge in [-0.05, 0) is 32.0 Å². The highest BCUT2D eigenvalue weighted by Crippen LogP contribution is 2.20. The van der Waals surface area contributed by atoms with E-state index in [0.717, 1.165) is 12.1 Å². The van der Waals surface area contributed by atoms with Gasteiger partial charge in [0.2, 0.25) is 0 Å². The average Bonchev–Trinajstić information content (AvgIpc) is 2.85. The lowest BCUT2D eigenvalue weighted by Gasteiger charge is -2.17. The number of hydrogen-bond acceptors (Lipinski definition) is 3. The van der Waals surface area contributed by atoms with Gasteiger partial charge in [-0.2, -0.15) is 5.10 Å². The number of aromatic nitrogens is 2. The number of amides is 1. The molecule has 6 heteroatoms. The fraction of sp³-hybridized carbons (Fsp3) is 0.333. The van der Waals surface area contributed by atoms with Gasteiger partial charge in [0.1, 0.15) is 5.82 Å². The maximum absolute atomic E-state index is 13.8. The van der Waals surface area contributed by atoms with E-state index in [2.05, 4.69) is 5.10 Å². The number of halogens is 1. The quantitative estimate of drug-likeness (QED) is 0.915. The molecule has 112 valence electrons. The number of rotatable bonds is 5. The monoisotopic (exact) mass is 290 g/mol. The highest BCUT2D eigenvalue weighted by atomic mass is 19.1. The van der Waals surface area contributed by atoms with Gasteiger partial charge in [0.25, 0.3) is 5.91 Å². The molecule has 0 saturated carbocycles. The van der Waals surface area contributed by atoms with Crippen LogP contribution in [-0.2, 0) is 6.54 Å². The Bertz CT molecular complexity index is 638. The number of aryl methyl sites for hydroxylation is 1. The molecule has 5 nitrogen and oxygen atoms in total. The largest absolute Gasteiger partial charge is 0.330 e. The fourth-order valence-electron chi connectivity index (χ4n) is 2.14. The van der Waals surface area contributed by atoms with Crippen LogP contribution in [0.4, 0.5) is 10.1 Å². The molecule has 0 aliphatic carbocycles. The predicted octanol–water partition coefficient (Wildman–Crippen LogP) is 1.96. The summed E-state index contributed by atoms with van der Waals surface area (Å²) in [5.41, 5.74) is 6.95. The smallest absolute Gasteiger partial charge is 0.261 e. The Kier molecular flexibility index (Phi) is 4.70. The zero-order chi connectivity index (χ0) is 15.4. The van der Waals surface area contributed by atoms with E-state index in [4.69, 9.17) is 5.73 Å². The van der Waals surface area contributed by atoms with Crippen molar-refractivity contribution in [2.75, 3.05) is 18.5 Å². The predicted molar refractivity (Wildman–Crippen MR) is 79.8 cm³/mol. The molecule has 2 N–H and O–H groups in total. The van der Waals surface area contributed by atoms with E-state index in [9.17, 15) is 9.18 Å². The van der Waals surface area contributed by atoms with Gasteiger partial charge in [-0.3, -0.25) is 9.48 Å². The van der Waals surface area contributed by atoms with E-state index in [1.165, 1.54) is 17.2 Å². The minimum absolute atomic E-state index is 0.247. The third-order valence-electron chi connectivity index (χ3n) is 3.43. The second kappa shape index (κ2) is 6.49. The fourth-order valence-corrected chi connectivity index (χ4v) is 2.14. The summed E-state index contributed by atoms with van der Waals surface area (Å²) in [6.07, 6.45) is 2.31. The molecule has 1 aromatic heterocycles. The summed E-state index contributed by atoms with van der Waals surface area (Å²) in [5, 5.41) is 4.19. The molecule has 0 atom stereocenters. The lowest BCUT2D eigenvalue weighted by molar-refractivity contribution is 0.0991. The zero-order valence-corrected chi connectivity index (χ0v) is 12.2. The van der Waals surface area contributed by atoms with Crippen LogP contribution >= 0.6 is 0 Å². The Morgan fingerprint density at radius 3 is 2.81 bits per heavy atom. The summed E-state index contributed by atoms with van der Waals surface area (Å²) in [4.78, 5) is 13.8. The summed E-state index contributed by atoms with van der Waals surface area (Å²) in [5.74, 6) is -0.710. The molecule has 0 bridgehead atoms. The van der Waals surface area contributed by atoms with Crippen LogP contribution in [0.25, 0.3) is 0 Å². The average molecular weight is 290 g/mol. The molecular weight excluding hydrogens is 271 g/mol. The Morgan fingerprint density at radius 2 is 2.14 bits per heavy atom. The molecule has 0 fully saturated rings. The summed E-state index contributed by atoms with van der Waals surface area (Å²) in [6.45, 7) is 3.06. The van der Waals surface area contributed by atoms with E-state index >= 15 is 0 Å². The number of anilines is 1. The third kappa shape index (κ3) is 3.11. The molecule has 0 spiro atoms. The molecule has 2 rings (SSSR count). The molecule has 0 aliphatic rings. The first kappa shape index (κ1) is 15.2. The van der Waals surface area contributed by atoms with Gasteiger partial charge in [0.05, 0.1) is 17.4 Å². The maximum atomic E-state index is 13.8. The topological polar surface area (TPSA) is 64.2 Å². The molecule has 21 heavy (non-hydrogen) atoms. The van der Waals surface area contributed by atoms with Crippen LogP contribution in [0.2, 0.25) is 0 Å². The van der Waals surface area contributed by atoms with Crippen LogP contribution in [0.1, 0.15) is 22.5 Å². The van der Waals surface area contributed by atoms with E-state index in [1.54, 1.807) is 29.9 Å². The number of carbonyl (C=O) groups excluding carboxylic acids is 1. The van der Waals surface area contributed by atoms with Crippen LogP contribution in [0.5, 0.6) is 0 Å². The van der Waals surface area contributed by atoms with Gasteiger partial charge in [-0.15, -0.1) is 0 Å². The van der Waals surface area contributed by atoms with Gasteiger partial charge in [-0.25, -0.2) is 4.39 Å². The van der Waals surface area contributed by atoms with Crippen LogP contribution in [0.15, 0.2) is 30.5 Å². The van der Waals surface area contributed by atoms with Gasteiger partial charge in [0.15, 0.2) is 0 Å². The highest BCUT2D eigenvalue weighted by Gasteiger charge is 2.20. The minimum atomic E-state index is -0.429. The van der Waals surface area contributed by atoms with Crippen molar-refractivity contribution < 1.29 is 9.18 Å². The van der Waals surface area contributed by atoms with E-state index < -0.39 is 5.82 Å². The number of benzene rings is 1. The van der Waals surface area contributed by atoms with Crippen molar-refractivity contribution in [3.8, 4) is 0 Å². The molecule has 0 unspecified atom stereocenters. The van der Waals surface area contributed by atoms with Gasteiger partial charge < -0.3 is 10.6 Å². The lowest BCUT2D eigenvalue weighted by Crippen LogP contribution is -2.27. The normalized spacial score (nSPS) is 10.7. The van der Waals surface area contributed by atoms with Gasteiger partial charge in [0, 0.05) is 19.3 Å². The Hall–Kier alpha value is -2.21. The SMILES string of the molecule is Cc1c(C(=O)N(C)c2ccccc2F)cnn1CCCN. The van der Waals surface area contributed by atoms with Crippen LogP contribution in [0, 0.1) is 12.7 Å². The zero-order valence-electron chi connectivity index (χ0n) is 12.2. The number of nitrogens with zero attached hydrogens (tertiary/aromatic N) is 3. The molecule has 1 heterocycles. The van der Waals surface area contributed by atoms with Crippen molar-refractivity contribution in [1.82, 2.24) is 9.78 Å². The Balaban J connectivity index is 2.24. The van der Waals surface area contributed by atoms with Crippen molar-refractivity contribution in [1.29, 1.82) is 0 Å². The van der Waals surface area contributed by atoms with E-state index in [0.29, 0.717) is 18.7 Å². The highest BCUT2D eigenvalue weighted by molar-refractivity contribution is 6.06. The summed E-state index contributed by atoms with van der Waals surface area (Å²) >= 11 is 0. The standard InChI is InChI=1S/C15H19FN4O/c1-11-12(10-18-20(11)9-5-8-17)15(21)19(2)14-7-4-3-6-13(14)16/h3-4,6-7,10H,5,8-9,17H2,1-2H3. The third-order valence-corrected chi connectivity index (χ3v) is 3.43. The van der Waals surface area contributed by atoms with Gasteiger partial charge >= 0.3 is 0 Å². The first-order valence-corrected chi connectivity index (χ1v) is 6.81. The number of hydrogen-bond donors (Lipinski definition) is 1. The first-order chi connectivity index (χ1) is 10.1.